The van der Waals surface area contributed by atoms with E-state index in [4.69, 9.17) is 4.74 Å². The highest BCUT2D eigenvalue weighted by atomic mass is 32.2. The highest BCUT2D eigenvalue weighted by Gasteiger charge is 2.15. The number of anilines is 1. The van der Waals surface area contributed by atoms with Gasteiger partial charge in [0.15, 0.2) is 0 Å². The third-order valence-corrected chi connectivity index (χ3v) is 5.35. The topological polar surface area (TPSA) is 41.5 Å². The molecule has 0 unspecified atom stereocenters. The third-order valence-electron chi connectivity index (χ3n) is 4.62. The van der Waals surface area contributed by atoms with Gasteiger partial charge in [0.2, 0.25) is 5.95 Å². The minimum Gasteiger partial charge on any atom is -0.378 e. The zero-order valence-corrected chi connectivity index (χ0v) is 16.7. The van der Waals surface area contributed by atoms with Gasteiger partial charge in [-0.15, -0.1) is 11.8 Å². The van der Waals surface area contributed by atoms with Crippen LogP contribution in [0.1, 0.15) is 25.0 Å². The van der Waals surface area contributed by atoms with Gasteiger partial charge in [0.1, 0.15) is 0 Å². The van der Waals surface area contributed by atoms with E-state index in [1.807, 2.05) is 12.4 Å². The average molecular weight is 373 g/mol. The van der Waals surface area contributed by atoms with Crippen molar-refractivity contribution in [2.45, 2.75) is 37.9 Å². The zero-order chi connectivity index (χ0) is 18.4. The van der Waals surface area contributed by atoms with Gasteiger partial charge >= 0.3 is 0 Å². The Morgan fingerprint density at radius 3 is 2.46 bits per heavy atom. The molecular formula is C20H28N4OS. The number of thioether (sulfide) groups is 1. The molecule has 1 saturated heterocycles. The summed E-state index contributed by atoms with van der Waals surface area (Å²) in [6, 6.07) is 9.23. The van der Waals surface area contributed by atoms with Crippen LogP contribution in [0.3, 0.4) is 0 Å². The quantitative estimate of drug-likeness (QED) is 0.694. The fourth-order valence-corrected chi connectivity index (χ4v) is 3.50. The standard InChI is InChI=1S/C20H28N4OS/c1-16(2)24(14-17-5-4-6-19(11-17)26-3)15-18-12-21-20(22-13-18)23-7-9-25-10-8-23/h4-6,11-13,16H,7-10,14-15H2,1-3H3. The second-order valence-corrected chi connectivity index (χ2v) is 7.72. The summed E-state index contributed by atoms with van der Waals surface area (Å²) in [5, 5.41) is 0. The van der Waals surface area contributed by atoms with Crippen LogP contribution in [0, 0.1) is 0 Å². The van der Waals surface area contributed by atoms with Crippen LogP contribution in [0.15, 0.2) is 41.6 Å². The molecule has 2 heterocycles. The molecule has 1 aliphatic heterocycles. The predicted octanol–water partition coefficient (Wildman–Crippen LogP) is 3.45. The van der Waals surface area contributed by atoms with Crippen molar-refractivity contribution in [3.8, 4) is 0 Å². The molecule has 1 aromatic carbocycles. The Morgan fingerprint density at radius 1 is 1.12 bits per heavy atom. The Morgan fingerprint density at radius 2 is 1.81 bits per heavy atom. The van der Waals surface area contributed by atoms with E-state index < -0.39 is 0 Å². The maximum absolute atomic E-state index is 5.39. The Balaban J connectivity index is 1.65. The lowest BCUT2D eigenvalue weighted by atomic mass is 10.1. The number of morpholine rings is 1. The molecule has 0 atom stereocenters. The first-order chi connectivity index (χ1) is 12.7. The van der Waals surface area contributed by atoms with Gasteiger partial charge in [0.05, 0.1) is 13.2 Å². The van der Waals surface area contributed by atoms with Crippen molar-refractivity contribution in [1.29, 1.82) is 0 Å². The first-order valence-corrected chi connectivity index (χ1v) is 10.4. The van der Waals surface area contributed by atoms with Gasteiger partial charge in [0, 0.05) is 55.1 Å². The molecule has 1 fully saturated rings. The number of nitrogens with zero attached hydrogens (tertiary/aromatic N) is 4. The Bertz CT molecular complexity index is 686. The molecular weight excluding hydrogens is 344 g/mol. The van der Waals surface area contributed by atoms with Crippen molar-refractivity contribution < 1.29 is 4.74 Å². The van der Waals surface area contributed by atoms with Gasteiger partial charge in [-0.2, -0.15) is 0 Å². The van der Waals surface area contributed by atoms with E-state index in [-0.39, 0.29) is 0 Å². The van der Waals surface area contributed by atoms with E-state index in [0.29, 0.717) is 6.04 Å². The van der Waals surface area contributed by atoms with Gasteiger partial charge in [-0.3, -0.25) is 4.90 Å². The molecule has 0 radical (unpaired) electrons. The Hall–Kier alpha value is -1.63. The van der Waals surface area contributed by atoms with Gasteiger partial charge in [-0.1, -0.05) is 12.1 Å². The molecule has 0 spiro atoms. The van der Waals surface area contributed by atoms with Crippen LogP contribution in [0.4, 0.5) is 5.95 Å². The molecule has 140 valence electrons. The number of rotatable bonds is 7. The Labute approximate surface area is 160 Å². The first kappa shape index (κ1) is 19.1. The molecule has 0 saturated carbocycles. The zero-order valence-electron chi connectivity index (χ0n) is 15.9. The largest absolute Gasteiger partial charge is 0.378 e. The van der Waals surface area contributed by atoms with Crippen LogP contribution in [-0.4, -0.2) is 53.5 Å². The monoisotopic (exact) mass is 372 g/mol. The van der Waals surface area contributed by atoms with Crippen LogP contribution in [-0.2, 0) is 17.8 Å². The number of aromatic nitrogens is 2. The van der Waals surface area contributed by atoms with E-state index in [1.165, 1.54) is 10.5 Å². The maximum Gasteiger partial charge on any atom is 0.225 e. The number of hydrogen-bond acceptors (Lipinski definition) is 6. The van der Waals surface area contributed by atoms with Crippen molar-refractivity contribution in [2.24, 2.45) is 0 Å². The summed E-state index contributed by atoms with van der Waals surface area (Å²) in [5.41, 5.74) is 2.49. The van der Waals surface area contributed by atoms with E-state index in [9.17, 15) is 0 Å². The van der Waals surface area contributed by atoms with Crippen LogP contribution < -0.4 is 4.90 Å². The highest BCUT2D eigenvalue weighted by Crippen LogP contribution is 2.19. The number of benzene rings is 1. The molecule has 2 aromatic rings. The van der Waals surface area contributed by atoms with Crippen molar-refractivity contribution in [3.63, 3.8) is 0 Å². The van der Waals surface area contributed by atoms with Crippen molar-refractivity contribution in [1.82, 2.24) is 14.9 Å². The van der Waals surface area contributed by atoms with Crippen molar-refractivity contribution in [3.05, 3.63) is 47.8 Å². The lowest BCUT2D eigenvalue weighted by Gasteiger charge is -2.28. The van der Waals surface area contributed by atoms with Crippen LogP contribution >= 0.6 is 11.8 Å². The minimum absolute atomic E-state index is 0.451. The van der Waals surface area contributed by atoms with E-state index in [0.717, 1.165) is 50.9 Å². The van der Waals surface area contributed by atoms with E-state index >= 15 is 0 Å². The highest BCUT2D eigenvalue weighted by molar-refractivity contribution is 7.98. The summed E-state index contributed by atoms with van der Waals surface area (Å²) < 4.78 is 5.39. The first-order valence-electron chi connectivity index (χ1n) is 9.16. The summed E-state index contributed by atoms with van der Waals surface area (Å²) in [6.45, 7) is 9.49. The summed E-state index contributed by atoms with van der Waals surface area (Å²) in [5.74, 6) is 0.806. The maximum atomic E-state index is 5.39. The van der Waals surface area contributed by atoms with Gasteiger partial charge < -0.3 is 9.64 Å². The summed E-state index contributed by atoms with van der Waals surface area (Å²) >= 11 is 1.79. The van der Waals surface area contributed by atoms with Gasteiger partial charge in [-0.05, 0) is 37.8 Å². The normalized spacial score (nSPS) is 15.0. The molecule has 6 heteroatoms. The third kappa shape index (κ3) is 5.19. The molecule has 0 N–H and O–H groups in total. The summed E-state index contributed by atoms with van der Waals surface area (Å²) in [7, 11) is 0. The molecule has 3 rings (SSSR count). The van der Waals surface area contributed by atoms with Crippen LogP contribution in [0.2, 0.25) is 0 Å². The Kier molecular flexibility index (Phi) is 6.88. The number of hydrogen-bond donors (Lipinski definition) is 0. The molecule has 0 aliphatic carbocycles. The fraction of sp³-hybridized carbons (Fsp3) is 0.500. The SMILES string of the molecule is CSc1cccc(CN(Cc2cnc(N3CCOCC3)nc2)C(C)C)c1. The van der Waals surface area contributed by atoms with E-state index in [2.05, 4.69) is 64.1 Å². The minimum atomic E-state index is 0.451. The smallest absolute Gasteiger partial charge is 0.225 e. The molecule has 0 bridgehead atoms. The van der Waals surface area contributed by atoms with Gasteiger partial charge in [-0.25, -0.2) is 9.97 Å². The summed E-state index contributed by atoms with van der Waals surface area (Å²) in [6.07, 6.45) is 6.05. The second kappa shape index (κ2) is 9.35. The molecule has 1 aromatic heterocycles. The lowest BCUT2D eigenvalue weighted by molar-refractivity contribution is 0.122. The lowest BCUT2D eigenvalue weighted by Crippen LogP contribution is -2.37. The van der Waals surface area contributed by atoms with Crippen LogP contribution in [0.5, 0.6) is 0 Å². The van der Waals surface area contributed by atoms with Gasteiger partial charge in [0.25, 0.3) is 0 Å². The molecule has 26 heavy (non-hydrogen) atoms. The van der Waals surface area contributed by atoms with Crippen molar-refractivity contribution >= 4 is 17.7 Å². The molecule has 5 nitrogen and oxygen atoms in total. The van der Waals surface area contributed by atoms with E-state index in [1.54, 1.807) is 11.8 Å². The summed E-state index contributed by atoms with van der Waals surface area (Å²) in [4.78, 5) is 15.1. The molecule has 0 amide bonds. The second-order valence-electron chi connectivity index (χ2n) is 6.84. The molecule has 1 aliphatic rings. The predicted molar refractivity (Wildman–Crippen MR) is 108 cm³/mol. The van der Waals surface area contributed by atoms with Crippen LogP contribution in [0.25, 0.3) is 0 Å². The van der Waals surface area contributed by atoms with Crippen molar-refractivity contribution in [2.75, 3.05) is 37.5 Å². The number of ether oxygens (including phenoxy) is 1. The fourth-order valence-electron chi connectivity index (χ4n) is 3.02. The average Bonchev–Trinajstić information content (AvgIpc) is 2.69.